The van der Waals surface area contributed by atoms with E-state index in [0.717, 1.165) is 0 Å². The molecule has 0 aliphatic rings. The Morgan fingerprint density at radius 2 is 2.18 bits per heavy atom. The lowest BCUT2D eigenvalue weighted by Crippen LogP contribution is -2.21. The summed E-state index contributed by atoms with van der Waals surface area (Å²) in [4.78, 5) is 3.89. The van der Waals surface area contributed by atoms with Gasteiger partial charge in [0, 0.05) is 18.3 Å². The molecule has 1 unspecified atom stereocenters. The largest absolute Gasteiger partial charge is 0.283 e. The molecule has 0 amide bonds. The second-order valence-electron chi connectivity index (χ2n) is 3.68. The van der Waals surface area contributed by atoms with E-state index in [1.54, 1.807) is 17.5 Å². The van der Waals surface area contributed by atoms with Crippen LogP contribution in [0.3, 0.4) is 0 Å². The van der Waals surface area contributed by atoms with Crippen LogP contribution >= 0.6 is 11.6 Å². The molecule has 0 bridgehead atoms. The van der Waals surface area contributed by atoms with Gasteiger partial charge in [-0.15, -0.1) is 21.8 Å². The number of fused-ring (bicyclic) bond motifs is 1. The molecule has 0 aliphatic carbocycles. The minimum absolute atomic E-state index is 0.0121. The Kier molecular flexibility index (Phi) is 3.05. The Hall–Kier alpha value is -1.21. The first kappa shape index (κ1) is 12.3. The Morgan fingerprint density at radius 1 is 1.47 bits per heavy atom. The van der Waals surface area contributed by atoms with Gasteiger partial charge in [0.15, 0.2) is 5.65 Å². The first-order chi connectivity index (χ1) is 7.98. The summed E-state index contributed by atoms with van der Waals surface area (Å²) in [6.07, 6.45) is 3.03. The summed E-state index contributed by atoms with van der Waals surface area (Å²) >= 11 is 5.59. The maximum Gasteiger partial charge on any atom is 0.203 e. The molecule has 0 spiro atoms. The number of aryl methyl sites for hydroxylation is 1. The molecular weight excluding hydrogens is 264 g/mol. The predicted molar refractivity (Wildman–Crippen MR) is 62.9 cm³/mol. The fourth-order valence-corrected chi connectivity index (χ4v) is 3.04. The summed E-state index contributed by atoms with van der Waals surface area (Å²) in [5.41, 5.74) is 0.238. The molecule has 2 aromatic rings. The number of hydrogen-bond donors (Lipinski definition) is 0. The molecule has 92 valence electrons. The van der Waals surface area contributed by atoms with Crippen molar-refractivity contribution in [2.45, 2.75) is 24.1 Å². The van der Waals surface area contributed by atoms with E-state index >= 15 is 0 Å². The smallest absolute Gasteiger partial charge is 0.203 e. The lowest BCUT2D eigenvalue weighted by atomic mass is 10.6. The zero-order valence-corrected chi connectivity index (χ0v) is 10.9. The molecule has 8 heteroatoms. The Balaban J connectivity index is 2.72. The third-order valence-corrected chi connectivity index (χ3v) is 5.18. The molecule has 2 rings (SSSR count). The molecule has 0 aromatic carbocycles. The fraction of sp³-hybridized carbons (Fsp3) is 0.444. The monoisotopic (exact) mass is 274 g/mol. The fourth-order valence-electron chi connectivity index (χ4n) is 1.39. The first-order valence-electron chi connectivity index (χ1n) is 4.94. The van der Waals surface area contributed by atoms with Gasteiger partial charge in [0.2, 0.25) is 14.9 Å². The van der Waals surface area contributed by atoms with Crippen LogP contribution in [0, 0.1) is 6.92 Å². The van der Waals surface area contributed by atoms with Gasteiger partial charge in [-0.2, -0.15) is 0 Å². The van der Waals surface area contributed by atoms with E-state index in [2.05, 4.69) is 15.2 Å². The molecular formula is C9H11ClN4O2S. The molecule has 0 N–H and O–H groups in total. The van der Waals surface area contributed by atoms with Gasteiger partial charge in [0.25, 0.3) is 0 Å². The summed E-state index contributed by atoms with van der Waals surface area (Å²) in [5.74, 6) is 0.621. The molecule has 0 radical (unpaired) electrons. The van der Waals surface area contributed by atoms with Crippen molar-refractivity contribution in [3.8, 4) is 0 Å². The molecule has 17 heavy (non-hydrogen) atoms. The van der Waals surface area contributed by atoms with Gasteiger partial charge in [-0.05, 0) is 13.8 Å². The van der Waals surface area contributed by atoms with Gasteiger partial charge in [0.05, 0.1) is 5.25 Å². The van der Waals surface area contributed by atoms with Gasteiger partial charge in [-0.25, -0.2) is 13.4 Å². The third kappa shape index (κ3) is 1.89. The number of hydrogen-bond acceptors (Lipinski definition) is 5. The van der Waals surface area contributed by atoms with Crippen LogP contribution in [0.5, 0.6) is 0 Å². The highest BCUT2D eigenvalue weighted by Gasteiger charge is 2.27. The summed E-state index contributed by atoms with van der Waals surface area (Å²) in [6, 6.07) is 0. The van der Waals surface area contributed by atoms with E-state index in [-0.39, 0.29) is 16.6 Å². The molecule has 1 atom stereocenters. The summed E-state index contributed by atoms with van der Waals surface area (Å²) in [6.45, 7) is 3.28. The standard InChI is InChI=1S/C9H11ClN4O2S/c1-6(5-10)17(15,16)9-8-13-12-7(2)14(8)4-3-11-9/h3-4,6H,5H2,1-2H3. The van der Waals surface area contributed by atoms with Crippen LogP contribution in [0.1, 0.15) is 12.7 Å². The summed E-state index contributed by atoms with van der Waals surface area (Å²) in [7, 11) is -3.57. The van der Waals surface area contributed by atoms with Crippen LogP contribution in [-0.4, -0.2) is 39.1 Å². The quantitative estimate of drug-likeness (QED) is 0.775. The minimum atomic E-state index is -3.57. The number of aromatic nitrogens is 4. The van der Waals surface area contributed by atoms with Crippen LogP contribution in [-0.2, 0) is 9.84 Å². The van der Waals surface area contributed by atoms with Gasteiger partial charge in [-0.3, -0.25) is 4.40 Å². The van der Waals surface area contributed by atoms with Crippen molar-refractivity contribution in [1.29, 1.82) is 0 Å². The molecule has 6 nitrogen and oxygen atoms in total. The van der Waals surface area contributed by atoms with Crippen LogP contribution < -0.4 is 0 Å². The van der Waals surface area contributed by atoms with Crippen molar-refractivity contribution in [1.82, 2.24) is 19.6 Å². The topological polar surface area (TPSA) is 77.2 Å². The van der Waals surface area contributed by atoms with Crippen LogP contribution in [0.15, 0.2) is 17.4 Å². The highest BCUT2D eigenvalue weighted by Crippen LogP contribution is 2.18. The van der Waals surface area contributed by atoms with Crippen molar-refractivity contribution in [3.63, 3.8) is 0 Å². The first-order valence-corrected chi connectivity index (χ1v) is 7.02. The number of nitrogens with zero attached hydrogens (tertiary/aromatic N) is 4. The SMILES string of the molecule is Cc1nnc2c(S(=O)(=O)C(C)CCl)nccn12. The number of sulfone groups is 1. The van der Waals surface area contributed by atoms with Crippen molar-refractivity contribution in [3.05, 3.63) is 18.2 Å². The molecule has 0 saturated heterocycles. The number of rotatable bonds is 3. The van der Waals surface area contributed by atoms with Crippen molar-refractivity contribution < 1.29 is 8.42 Å². The normalized spacial score (nSPS) is 14.1. The predicted octanol–water partition coefficient (Wildman–Crippen LogP) is 0.834. The van der Waals surface area contributed by atoms with Crippen molar-refractivity contribution >= 4 is 27.1 Å². The zero-order valence-electron chi connectivity index (χ0n) is 9.33. The van der Waals surface area contributed by atoms with Crippen LogP contribution in [0.25, 0.3) is 5.65 Å². The van der Waals surface area contributed by atoms with E-state index in [9.17, 15) is 8.42 Å². The maximum absolute atomic E-state index is 12.2. The Labute approximate surface area is 104 Å². The van der Waals surface area contributed by atoms with Gasteiger partial charge in [0.1, 0.15) is 5.82 Å². The van der Waals surface area contributed by atoms with E-state index < -0.39 is 15.1 Å². The van der Waals surface area contributed by atoms with Gasteiger partial charge in [-0.1, -0.05) is 0 Å². The van der Waals surface area contributed by atoms with Crippen molar-refractivity contribution in [2.75, 3.05) is 5.88 Å². The summed E-state index contributed by atoms with van der Waals surface area (Å²) in [5, 5.41) is 6.88. The maximum atomic E-state index is 12.2. The molecule has 2 heterocycles. The van der Waals surface area contributed by atoms with E-state index in [1.807, 2.05) is 0 Å². The second kappa shape index (κ2) is 4.23. The number of alkyl halides is 1. The van der Waals surface area contributed by atoms with E-state index in [4.69, 9.17) is 11.6 Å². The minimum Gasteiger partial charge on any atom is -0.283 e. The van der Waals surface area contributed by atoms with Crippen LogP contribution in [0.2, 0.25) is 0 Å². The Morgan fingerprint density at radius 3 is 2.82 bits per heavy atom. The highest BCUT2D eigenvalue weighted by molar-refractivity contribution is 7.92. The lowest BCUT2D eigenvalue weighted by Gasteiger charge is -2.09. The number of halogens is 1. The molecule has 2 aromatic heterocycles. The zero-order chi connectivity index (χ0) is 12.6. The molecule has 0 aliphatic heterocycles. The average Bonchev–Trinajstić information content (AvgIpc) is 2.70. The third-order valence-electron chi connectivity index (χ3n) is 2.48. The Bertz CT molecular complexity index is 652. The lowest BCUT2D eigenvalue weighted by molar-refractivity contribution is 0.584. The highest BCUT2D eigenvalue weighted by atomic mass is 35.5. The van der Waals surface area contributed by atoms with E-state index in [0.29, 0.717) is 5.82 Å². The van der Waals surface area contributed by atoms with E-state index in [1.165, 1.54) is 13.1 Å². The van der Waals surface area contributed by atoms with Crippen LogP contribution in [0.4, 0.5) is 0 Å². The average molecular weight is 275 g/mol. The summed E-state index contributed by atoms with van der Waals surface area (Å²) < 4.78 is 25.9. The van der Waals surface area contributed by atoms with Gasteiger partial charge < -0.3 is 0 Å². The van der Waals surface area contributed by atoms with Gasteiger partial charge >= 0.3 is 0 Å². The molecule has 0 fully saturated rings. The van der Waals surface area contributed by atoms with Crippen molar-refractivity contribution in [2.24, 2.45) is 0 Å². The molecule has 0 saturated carbocycles. The second-order valence-corrected chi connectivity index (χ2v) is 6.27.